The Balaban J connectivity index is 1.28. The molecular weight excluding hydrogens is 480 g/mol. The Morgan fingerprint density at radius 3 is 2.56 bits per heavy atom. The number of esters is 1. The predicted octanol–water partition coefficient (Wildman–Crippen LogP) is 5.28. The Morgan fingerprint density at radius 1 is 1.08 bits per heavy atom. The fourth-order valence-electron chi connectivity index (χ4n) is 5.09. The van der Waals surface area contributed by atoms with Crippen LogP contribution in [0, 0.1) is 0 Å². The van der Waals surface area contributed by atoms with Crippen molar-refractivity contribution in [1.29, 1.82) is 0 Å². The van der Waals surface area contributed by atoms with Crippen molar-refractivity contribution in [3.05, 3.63) is 75.8 Å². The van der Waals surface area contributed by atoms with E-state index >= 15 is 0 Å². The number of ether oxygens (including phenoxy) is 2. The molecule has 5 rings (SSSR count). The summed E-state index contributed by atoms with van der Waals surface area (Å²) >= 11 is 6.58. The molecule has 3 aliphatic rings. The first-order valence-corrected chi connectivity index (χ1v) is 12.5. The lowest BCUT2D eigenvalue weighted by Gasteiger charge is -2.29. The monoisotopic (exact) mass is 508 g/mol. The number of rotatable bonds is 2. The first kappa shape index (κ1) is 24.4. The van der Waals surface area contributed by atoms with Gasteiger partial charge in [-0.3, -0.25) is 4.79 Å². The lowest BCUT2D eigenvalue weighted by Crippen LogP contribution is -2.39. The van der Waals surface area contributed by atoms with E-state index in [0.29, 0.717) is 55.2 Å². The second-order valence-electron chi connectivity index (χ2n) is 10.5. The quantitative estimate of drug-likeness (QED) is 0.516. The largest absolute Gasteiger partial charge is 0.449 e. The summed E-state index contributed by atoms with van der Waals surface area (Å²) in [5.41, 5.74) is 2.51. The van der Waals surface area contributed by atoms with Crippen LogP contribution in [-0.4, -0.2) is 59.5 Å². The predicted molar refractivity (Wildman–Crippen MR) is 136 cm³/mol. The van der Waals surface area contributed by atoms with Gasteiger partial charge >= 0.3 is 12.1 Å². The van der Waals surface area contributed by atoms with Gasteiger partial charge in [0.1, 0.15) is 5.60 Å². The average molecular weight is 509 g/mol. The number of benzene rings is 2. The summed E-state index contributed by atoms with van der Waals surface area (Å²) in [4.78, 5) is 41.4. The van der Waals surface area contributed by atoms with E-state index in [9.17, 15) is 14.4 Å². The van der Waals surface area contributed by atoms with E-state index in [-0.39, 0.29) is 18.0 Å². The third-order valence-electron chi connectivity index (χ3n) is 6.88. The Bertz CT molecular complexity index is 1280. The molecule has 0 unspecified atom stereocenters. The molecule has 2 amide bonds. The molecule has 0 saturated carbocycles. The van der Waals surface area contributed by atoms with Crippen LogP contribution in [0.25, 0.3) is 5.57 Å². The molecule has 1 fully saturated rings. The molecule has 3 aliphatic heterocycles. The van der Waals surface area contributed by atoms with E-state index in [2.05, 4.69) is 0 Å². The number of carbonyl (C=O) groups excluding carboxylic acids is 3. The van der Waals surface area contributed by atoms with Crippen LogP contribution >= 0.6 is 11.6 Å². The van der Waals surface area contributed by atoms with Gasteiger partial charge in [-0.2, -0.15) is 0 Å². The van der Waals surface area contributed by atoms with Crippen LogP contribution in [0.5, 0.6) is 0 Å². The fraction of sp³-hybridized carbons (Fsp3) is 0.393. The van der Waals surface area contributed by atoms with Crippen LogP contribution in [0.1, 0.15) is 65.5 Å². The topological polar surface area (TPSA) is 76.2 Å². The van der Waals surface area contributed by atoms with Crippen molar-refractivity contribution >= 4 is 35.1 Å². The number of hydrogen-bond donors (Lipinski definition) is 0. The summed E-state index contributed by atoms with van der Waals surface area (Å²) in [6, 6.07) is 12.8. The Kier molecular flexibility index (Phi) is 6.07. The first-order chi connectivity index (χ1) is 17.1. The molecule has 188 valence electrons. The molecule has 1 atom stereocenters. The molecule has 1 saturated heterocycles. The standard InChI is InChI=1S/C28H29ClN2O5/c1-27(2,3)36-26(34)30-13-10-18(11-14-30)19-8-9-21(23(29)16-19)24(32)31-15-12-28(17-31)22-7-5-4-6-20(22)25(33)35-28/h4-10,16H,11-15,17H2,1-3H3/t28-/m0/s1. The maximum atomic E-state index is 13.3. The summed E-state index contributed by atoms with van der Waals surface area (Å²) in [5, 5.41) is 0.373. The zero-order valence-electron chi connectivity index (χ0n) is 20.7. The minimum atomic E-state index is -0.789. The molecule has 0 aliphatic carbocycles. The van der Waals surface area contributed by atoms with Crippen molar-refractivity contribution < 1.29 is 23.9 Å². The average Bonchev–Trinajstić information content (AvgIpc) is 3.39. The highest BCUT2D eigenvalue weighted by atomic mass is 35.5. The van der Waals surface area contributed by atoms with E-state index in [1.807, 2.05) is 51.1 Å². The summed E-state index contributed by atoms with van der Waals surface area (Å²) in [6.07, 6.45) is 2.90. The van der Waals surface area contributed by atoms with Crippen molar-refractivity contribution in [1.82, 2.24) is 9.80 Å². The molecule has 2 aromatic rings. The van der Waals surface area contributed by atoms with Crippen molar-refractivity contribution in [3.63, 3.8) is 0 Å². The maximum Gasteiger partial charge on any atom is 0.410 e. The zero-order chi connectivity index (χ0) is 25.7. The highest BCUT2D eigenvalue weighted by Gasteiger charge is 2.51. The minimum absolute atomic E-state index is 0.183. The van der Waals surface area contributed by atoms with Gasteiger partial charge < -0.3 is 19.3 Å². The van der Waals surface area contributed by atoms with Crippen molar-refractivity contribution in [2.45, 2.75) is 44.8 Å². The number of nitrogens with zero attached hydrogens (tertiary/aromatic N) is 2. The second kappa shape index (κ2) is 8.96. The molecule has 0 radical (unpaired) electrons. The maximum absolute atomic E-state index is 13.3. The second-order valence-corrected chi connectivity index (χ2v) is 10.9. The van der Waals surface area contributed by atoms with E-state index in [4.69, 9.17) is 21.1 Å². The van der Waals surface area contributed by atoms with Crippen LogP contribution in [0.3, 0.4) is 0 Å². The highest BCUT2D eigenvalue weighted by molar-refractivity contribution is 6.34. The number of carbonyl (C=O) groups is 3. The summed E-state index contributed by atoms with van der Waals surface area (Å²) in [6.45, 7) is 7.34. The normalized spacial score (nSPS) is 21.3. The number of hydrogen-bond acceptors (Lipinski definition) is 5. The summed E-state index contributed by atoms with van der Waals surface area (Å²) in [7, 11) is 0. The van der Waals surface area contributed by atoms with Gasteiger partial charge in [0, 0.05) is 31.6 Å². The molecule has 2 aromatic carbocycles. The lowest BCUT2D eigenvalue weighted by molar-refractivity contribution is -0.00308. The molecule has 8 heteroatoms. The third-order valence-corrected chi connectivity index (χ3v) is 7.19. The molecule has 0 bridgehead atoms. The Hall–Kier alpha value is -3.32. The van der Waals surface area contributed by atoms with Crippen LogP contribution in [0.2, 0.25) is 5.02 Å². The van der Waals surface area contributed by atoms with Crippen LogP contribution in [0.15, 0.2) is 48.5 Å². The van der Waals surface area contributed by atoms with Crippen molar-refractivity contribution in [2.24, 2.45) is 0 Å². The van der Waals surface area contributed by atoms with E-state index < -0.39 is 11.2 Å². The zero-order valence-corrected chi connectivity index (χ0v) is 21.4. The third kappa shape index (κ3) is 4.48. The minimum Gasteiger partial charge on any atom is -0.449 e. The Labute approximate surface area is 215 Å². The summed E-state index contributed by atoms with van der Waals surface area (Å²) in [5.74, 6) is -0.522. The lowest BCUT2D eigenvalue weighted by atomic mass is 9.91. The number of amides is 2. The summed E-state index contributed by atoms with van der Waals surface area (Å²) < 4.78 is 11.2. The van der Waals surface area contributed by atoms with E-state index in [0.717, 1.165) is 16.7 Å². The number of fused-ring (bicyclic) bond motifs is 2. The van der Waals surface area contributed by atoms with Gasteiger partial charge in [-0.25, -0.2) is 9.59 Å². The van der Waals surface area contributed by atoms with Gasteiger partial charge in [0.05, 0.1) is 22.7 Å². The van der Waals surface area contributed by atoms with Gasteiger partial charge in [0.25, 0.3) is 5.91 Å². The van der Waals surface area contributed by atoms with Crippen LogP contribution in [0.4, 0.5) is 4.79 Å². The molecule has 3 heterocycles. The van der Waals surface area contributed by atoms with Gasteiger partial charge in [-0.1, -0.05) is 41.9 Å². The number of likely N-dealkylation sites (tertiary alicyclic amines) is 1. The van der Waals surface area contributed by atoms with Gasteiger partial charge in [-0.05, 0) is 56.5 Å². The van der Waals surface area contributed by atoms with Crippen LogP contribution < -0.4 is 0 Å². The molecule has 36 heavy (non-hydrogen) atoms. The van der Waals surface area contributed by atoms with Gasteiger partial charge in [0.15, 0.2) is 5.60 Å². The van der Waals surface area contributed by atoms with Crippen LogP contribution in [-0.2, 0) is 15.1 Å². The SMILES string of the molecule is CC(C)(C)OC(=O)N1CC=C(c2ccc(C(=O)N3CC[C@@]4(C3)OC(=O)c3ccccc34)c(Cl)c2)CC1. The molecular formula is C28H29ClN2O5. The molecule has 7 nitrogen and oxygen atoms in total. The number of halogens is 1. The molecule has 0 aromatic heterocycles. The molecule has 1 spiro atoms. The molecule has 0 N–H and O–H groups in total. The van der Waals surface area contributed by atoms with E-state index in [1.165, 1.54) is 0 Å². The van der Waals surface area contributed by atoms with E-state index in [1.54, 1.807) is 28.0 Å². The fourth-order valence-corrected chi connectivity index (χ4v) is 5.35. The van der Waals surface area contributed by atoms with Gasteiger partial charge in [-0.15, -0.1) is 0 Å². The Morgan fingerprint density at radius 2 is 1.86 bits per heavy atom. The van der Waals surface area contributed by atoms with Gasteiger partial charge in [0.2, 0.25) is 0 Å². The van der Waals surface area contributed by atoms with Crippen molar-refractivity contribution in [2.75, 3.05) is 26.2 Å². The smallest absolute Gasteiger partial charge is 0.410 e. The van der Waals surface area contributed by atoms with Crippen molar-refractivity contribution in [3.8, 4) is 0 Å². The highest BCUT2D eigenvalue weighted by Crippen LogP contribution is 2.43. The first-order valence-electron chi connectivity index (χ1n) is 12.2.